The average molecular weight is 337 g/mol. The van der Waals surface area contributed by atoms with Crippen LogP contribution in [0.25, 0.3) is 0 Å². The molecule has 0 spiro atoms. The van der Waals surface area contributed by atoms with E-state index in [1.54, 1.807) is 0 Å². The molecule has 2 heterocycles. The second-order valence-electron chi connectivity index (χ2n) is 7.81. The monoisotopic (exact) mass is 337 g/mol. The summed E-state index contributed by atoms with van der Waals surface area (Å²) in [7, 11) is 3.96. The summed E-state index contributed by atoms with van der Waals surface area (Å²) in [6, 6.07) is 0. The minimum absolute atomic E-state index is 0.140. The molecule has 136 valence electrons. The van der Waals surface area contributed by atoms with Gasteiger partial charge in [0.05, 0.1) is 13.2 Å². The van der Waals surface area contributed by atoms with Gasteiger partial charge in [0, 0.05) is 38.0 Å². The van der Waals surface area contributed by atoms with E-state index in [-0.39, 0.29) is 17.9 Å². The molecule has 1 saturated heterocycles. The second-order valence-corrected chi connectivity index (χ2v) is 7.81. The number of likely N-dealkylation sites (N-methyl/N-ethyl adjacent to an activating group) is 1. The number of piperidine rings is 1. The van der Waals surface area contributed by atoms with Gasteiger partial charge in [0.1, 0.15) is 11.6 Å². The van der Waals surface area contributed by atoms with Crippen LogP contribution in [0.4, 0.5) is 0 Å². The maximum absolute atomic E-state index is 12.4. The van der Waals surface area contributed by atoms with Gasteiger partial charge in [0.2, 0.25) is 5.91 Å². The fourth-order valence-corrected chi connectivity index (χ4v) is 3.17. The zero-order valence-corrected chi connectivity index (χ0v) is 15.6. The van der Waals surface area contributed by atoms with E-state index in [0.717, 1.165) is 37.6 Å². The predicted octanol–water partition coefficient (Wildman–Crippen LogP) is 0.991. The van der Waals surface area contributed by atoms with Gasteiger partial charge in [-0.15, -0.1) is 10.2 Å². The van der Waals surface area contributed by atoms with Crippen LogP contribution in [0.1, 0.15) is 51.2 Å². The lowest BCUT2D eigenvalue weighted by Gasteiger charge is -2.35. The third kappa shape index (κ3) is 4.33. The quantitative estimate of drug-likeness (QED) is 0.867. The highest BCUT2D eigenvalue weighted by Gasteiger charge is 2.32. The molecule has 0 aliphatic carbocycles. The van der Waals surface area contributed by atoms with Crippen LogP contribution in [-0.2, 0) is 18.4 Å². The zero-order valence-electron chi connectivity index (χ0n) is 15.6. The van der Waals surface area contributed by atoms with Crippen LogP contribution in [0, 0.1) is 5.41 Å². The standard InChI is InChI=1S/C17H31N5O2/c1-17(2,3)16(24)22-8-6-13(7-9-22)15-19-18-14(21(15)5)12-20(4)10-11-23/h13,23H,6-12H2,1-5H3. The van der Waals surface area contributed by atoms with Crippen molar-refractivity contribution in [2.75, 3.05) is 33.3 Å². The van der Waals surface area contributed by atoms with Gasteiger partial charge in [-0.1, -0.05) is 20.8 Å². The van der Waals surface area contributed by atoms with Crippen LogP contribution < -0.4 is 0 Å². The van der Waals surface area contributed by atoms with E-state index in [0.29, 0.717) is 19.0 Å². The van der Waals surface area contributed by atoms with Crippen molar-refractivity contribution in [1.29, 1.82) is 0 Å². The van der Waals surface area contributed by atoms with Crippen molar-refractivity contribution < 1.29 is 9.90 Å². The number of hydrogen-bond donors (Lipinski definition) is 1. The summed E-state index contributed by atoms with van der Waals surface area (Å²) in [5.74, 6) is 2.49. The van der Waals surface area contributed by atoms with E-state index in [1.165, 1.54) is 0 Å². The molecule has 2 rings (SSSR count). The van der Waals surface area contributed by atoms with E-state index in [4.69, 9.17) is 5.11 Å². The Morgan fingerprint density at radius 1 is 1.29 bits per heavy atom. The van der Waals surface area contributed by atoms with Crippen LogP contribution in [0.5, 0.6) is 0 Å². The summed E-state index contributed by atoms with van der Waals surface area (Å²) in [6.45, 7) is 8.92. The van der Waals surface area contributed by atoms with Crippen molar-refractivity contribution in [3.05, 3.63) is 11.6 Å². The van der Waals surface area contributed by atoms with Crippen LogP contribution in [0.3, 0.4) is 0 Å². The number of carbonyl (C=O) groups excluding carboxylic acids is 1. The number of rotatable bonds is 5. The molecule has 1 fully saturated rings. The smallest absolute Gasteiger partial charge is 0.227 e. The minimum atomic E-state index is -0.317. The molecule has 7 nitrogen and oxygen atoms in total. The van der Waals surface area contributed by atoms with Gasteiger partial charge < -0.3 is 14.6 Å². The number of aromatic nitrogens is 3. The molecular weight excluding hydrogens is 306 g/mol. The molecule has 0 bridgehead atoms. The molecule has 7 heteroatoms. The van der Waals surface area contributed by atoms with E-state index < -0.39 is 0 Å². The average Bonchev–Trinajstić information content (AvgIpc) is 2.87. The molecule has 1 aromatic rings. The van der Waals surface area contributed by atoms with Crippen LogP contribution >= 0.6 is 0 Å². The lowest BCUT2D eigenvalue weighted by Crippen LogP contribution is -2.44. The summed E-state index contributed by atoms with van der Waals surface area (Å²) >= 11 is 0. The van der Waals surface area contributed by atoms with Gasteiger partial charge in [0.25, 0.3) is 0 Å². The van der Waals surface area contributed by atoms with Crippen LogP contribution in [0.15, 0.2) is 0 Å². The van der Waals surface area contributed by atoms with E-state index >= 15 is 0 Å². The molecule has 1 aliphatic heterocycles. The first-order chi connectivity index (χ1) is 11.2. The molecule has 1 aromatic heterocycles. The number of amides is 1. The highest BCUT2D eigenvalue weighted by Crippen LogP contribution is 2.29. The Kier molecular flexibility index (Phi) is 5.98. The summed E-state index contributed by atoms with van der Waals surface area (Å²) in [5.41, 5.74) is -0.317. The second kappa shape index (κ2) is 7.61. The van der Waals surface area contributed by atoms with Crippen molar-refractivity contribution >= 4 is 5.91 Å². The summed E-state index contributed by atoms with van der Waals surface area (Å²) in [6.07, 6.45) is 1.86. The van der Waals surface area contributed by atoms with Crippen molar-refractivity contribution in [2.24, 2.45) is 12.5 Å². The Hall–Kier alpha value is -1.47. The molecule has 1 aliphatic rings. The molecular formula is C17H31N5O2. The summed E-state index contributed by atoms with van der Waals surface area (Å²) in [4.78, 5) is 16.4. The van der Waals surface area contributed by atoms with Gasteiger partial charge in [-0.2, -0.15) is 0 Å². The van der Waals surface area contributed by atoms with Crippen molar-refractivity contribution in [2.45, 2.75) is 46.1 Å². The largest absolute Gasteiger partial charge is 0.395 e. The third-order valence-corrected chi connectivity index (χ3v) is 4.68. The number of aliphatic hydroxyl groups is 1. The molecule has 0 unspecified atom stereocenters. The Labute approximate surface area is 144 Å². The number of likely N-dealkylation sites (tertiary alicyclic amines) is 1. The number of aliphatic hydroxyl groups excluding tert-OH is 1. The number of hydrogen-bond acceptors (Lipinski definition) is 5. The molecule has 24 heavy (non-hydrogen) atoms. The topological polar surface area (TPSA) is 74.5 Å². The summed E-state index contributed by atoms with van der Waals surface area (Å²) < 4.78 is 2.07. The first-order valence-electron chi connectivity index (χ1n) is 8.71. The zero-order chi connectivity index (χ0) is 17.9. The first kappa shape index (κ1) is 18.9. The summed E-state index contributed by atoms with van der Waals surface area (Å²) in [5, 5.41) is 17.7. The highest BCUT2D eigenvalue weighted by atomic mass is 16.3. The van der Waals surface area contributed by atoms with Gasteiger partial charge in [-0.25, -0.2) is 0 Å². The Morgan fingerprint density at radius 2 is 1.92 bits per heavy atom. The van der Waals surface area contributed by atoms with E-state index in [9.17, 15) is 4.79 Å². The minimum Gasteiger partial charge on any atom is -0.395 e. The van der Waals surface area contributed by atoms with E-state index in [2.05, 4.69) is 14.8 Å². The number of carbonyl (C=O) groups is 1. The fraction of sp³-hybridized carbons (Fsp3) is 0.824. The molecule has 1 N–H and O–H groups in total. The maximum atomic E-state index is 12.4. The Balaban J connectivity index is 1.97. The molecule has 0 aromatic carbocycles. The van der Waals surface area contributed by atoms with Gasteiger partial charge >= 0.3 is 0 Å². The highest BCUT2D eigenvalue weighted by molar-refractivity contribution is 5.81. The molecule has 1 amide bonds. The normalized spacial score (nSPS) is 16.9. The fourth-order valence-electron chi connectivity index (χ4n) is 3.17. The lowest BCUT2D eigenvalue weighted by atomic mass is 9.90. The van der Waals surface area contributed by atoms with Gasteiger partial charge in [0.15, 0.2) is 0 Å². The SMILES string of the molecule is CN(CCO)Cc1nnc(C2CCN(C(=O)C(C)(C)C)CC2)n1C. The van der Waals surface area contributed by atoms with Crippen molar-refractivity contribution in [1.82, 2.24) is 24.6 Å². The predicted molar refractivity (Wildman–Crippen MR) is 92.4 cm³/mol. The molecule has 0 atom stereocenters. The van der Waals surface area contributed by atoms with Crippen LogP contribution in [0.2, 0.25) is 0 Å². The first-order valence-corrected chi connectivity index (χ1v) is 8.71. The third-order valence-electron chi connectivity index (χ3n) is 4.68. The van der Waals surface area contributed by atoms with Crippen molar-refractivity contribution in [3.8, 4) is 0 Å². The van der Waals surface area contributed by atoms with E-state index in [1.807, 2.05) is 44.7 Å². The molecule has 0 saturated carbocycles. The Morgan fingerprint density at radius 3 is 2.46 bits per heavy atom. The van der Waals surface area contributed by atoms with Gasteiger partial charge in [-0.05, 0) is 19.9 Å². The van der Waals surface area contributed by atoms with Crippen molar-refractivity contribution in [3.63, 3.8) is 0 Å². The van der Waals surface area contributed by atoms with Gasteiger partial charge in [-0.3, -0.25) is 9.69 Å². The lowest BCUT2D eigenvalue weighted by molar-refractivity contribution is -0.140. The van der Waals surface area contributed by atoms with Crippen LogP contribution in [-0.4, -0.2) is 68.9 Å². The maximum Gasteiger partial charge on any atom is 0.227 e. The number of nitrogens with zero attached hydrogens (tertiary/aromatic N) is 5. The Bertz CT molecular complexity index is 556. The molecule has 0 radical (unpaired) electrons.